The summed E-state index contributed by atoms with van der Waals surface area (Å²) in [6, 6.07) is 0.283. The summed E-state index contributed by atoms with van der Waals surface area (Å²) < 4.78 is 5.52. The molecule has 4 nitrogen and oxygen atoms in total. The number of rotatable bonds is 5. The number of hydrogen-bond acceptors (Lipinski definition) is 3. The molecular formula is C11H19NO3. The third kappa shape index (κ3) is 4.01. The first-order chi connectivity index (χ1) is 7.11. The molecule has 2 N–H and O–H groups in total. The number of carboxylic acids is 1. The average Bonchev–Trinajstić information content (AvgIpc) is 2.70. The molecule has 0 radical (unpaired) electrons. The van der Waals surface area contributed by atoms with Gasteiger partial charge in [-0.3, -0.25) is 0 Å². The van der Waals surface area contributed by atoms with Crippen LogP contribution in [0.3, 0.4) is 0 Å². The molecule has 0 aromatic rings. The lowest BCUT2D eigenvalue weighted by Gasteiger charge is -2.19. The van der Waals surface area contributed by atoms with Crippen LogP contribution in [0.1, 0.15) is 26.7 Å². The quantitative estimate of drug-likeness (QED) is 0.673. The minimum absolute atomic E-state index is 0.281. The summed E-state index contributed by atoms with van der Waals surface area (Å²) in [6.07, 6.45) is 4.19. The lowest BCUT2D eigenvalue weighted by molar-refractivity contribution is -0.132. The van der Waals surface area contributed by atoms with Crippen LogP contribution < -0.4 is 5.32 Å². The van der Waals surface area contributed by atoms with Gasteiger partial charge in [-0.05, 0) is 26.7 Å². The highest BCUT2D eigenvalue weighted by Crippen LogP contribution is 2.15. The van der Waals surface area contributed by atoms with Gasteiger partial charge in [-0.15, -0.1) is 0 Å². The van der Waals surface area contributed by atoms with E-state index in [1.165, 1.54) is 0 Å². The molecule has 2 atom stereocenters. The van der Waals surface area contributed by atoms with Crippen molar-refractivity contribution in [2.45, 2.75) is 38.8 Å². The zero-order valence-electron chi connectivity index (χ0n) is 9.32. The first-order valence-electron chi connectivity index (χ1n) is 5.36. The van der Waals surface area contributed by atoms with Gasteiger partial charge < -0.3 is 15.2 Å². The standard InChI is InChI=1S/C11H19NO3/c1-8(11(13)14)5-6-12-9(2)10-4-3-7-15-10/h5,9-10,12H,3-4,6-7H2,1-2H3,(H,13,14)/b8-5-. The van der Waals surface area contributed by atoms with E-state index < -0.39 is 5.97 Å². The Kier molecular flexibility index (Phi) is 4.78. The largest absolute Gasteiger partial charge is 0.478 e. The van der Waals surface area contributed by atoms with E-state index in [2.05, 4.69) is 12.2 Å². The highest BCUT2D eigenvalue weighted by atomic mass is 16.5. The number of hydrogen-bond donors (Lipinski definition) is 2. The molecule has 1 heterocycles. The van der Waals surface area contributed by atoms with Crippen LogP contribution >= 0.6 is 0 Å². The van der Waals surface area contributed by atoms with Crippen molar-refractivity contribution in [3.05, 3.63) is 11.6 Å². The molecule has 15 heavy (non-hydrogen) atoms. The zero-order valence-corrected chi connectivity index (χ0v) is 9.32. The molecule has 1 aliphatic heterocycles. The maximum atomic E-state index is 10.5. The molecule has 0 aromatic carbocycles. The Morgan fingerprint density at radius 1 is 1.73 bits per heavy atom. The van der Waals surface area contributed by atoms with Crippen molar-refractivity contribution in [2.75, 3.05) is 13.2 Å². The van der Waals surface area contributed by atoms with Gasteiger partial charge in [-0.25, -0.2) is 4.79 Å². The first kappa shape index (κ1) is 12.2. The summed E-state index contributed by atoms with van der Waals surface area (Å²) in [7, 11) is 0. The highest BCUT2D eigenvalue weighted by molar-refractivity contribution is 5.85. The molecule has 0 spiro atoms. The van der Waals surface area contributed by atoms with Crippen LogP contribution in [-0.4, -0.2) is 36.4 Å². The Balaban J connectivity index is 2.24. The van der Waals surface area contributed by atoms with Crippen LogP contribution in [0.5, 0.6) is 0 Å². The molecule has 1 saturated heterocycles. The molecular weight excluding hydrogens is 194 g/mol. The zero-order chi connectivity index (χ0) is 11.3. The van der Waals surface area contributed by atoms with Crippen LogP contribution in [0, 0.1) is 0 Å². The fraction of sp³-hybridized carbons (Fsp3) is 0.727. The van der Waals surface area contributed by atoms with Crippen molar-refractivity contribution in [1.82, 2.24) is 5.32 Å². The van der Waals surface area contributed by atoms with Gasteiger partial charge in [-0.1, -0.05) is 6.08 Å². The summed E-state index contributed by atoms with van der Waals surface area (Å²) >= 11 is 0. The van der Waals surface area contributed by atoms with E-state index in [-0.39, 0.29) is 12.1 Å². The van der Waals surface area contributed by atoms with Crippen LogP contribution in [0.2, 0.25) is 0 Å². The van der Waals surface area contributed by atoms with Gasteiger partial charge in [0, 0.05) is 24.8 Å². The van der Waals surface area contributed by atoms with Crippen molar-refractivity contribution in [3.8, 4) is 0 Å². The lowest BCUT2D eigenvalue weighted by atomic mass is 10.1. The van der Waals surface area contributed by atoms with Crippen LogP contribution in [0.15, 0.2) is 11.6 Å². The fourth-order valence-electron chi connectivity index (χ4n) is 1.61. The van der Waals surface area contributed by atoms with Crippen molar-refractivity contribution >= 4 is 5.97 Å². The number of carboxylic acid groups (broad SMARTS) is 1. The third-order valence-electron chi connectivity index (χ3n) is 2.71. The minimum Gasteiger partial charge on any atom is -0.478 e. The van der Waals surface area contributed by atoms with Crippen molar-refractivity contribution in [3.63, 3.8) is 0 Å². The second kappa shape index (κ2) is 5.88. The van der Waals surface area contributed by atoms with E-state index >= 15 is 0 Å². The maximum absolute atomic E-state index is 10.5. The molecule has 0 saturated carbocycles. The Morgan fingerprint density at radius 2 is 2.47 bits per heavy atom. The number of ether oxygens (including phenoxy) is 1. The topological polar surface area (TPSA) is 58.6 Å². The summed E-state index contributed by atoms with van der Waals surface area (Å²) in [6.45, 7) is 5.10. The highest BCUT2D eigenvalue weighted by Gasteiger charge is 2.21. The second-order valence-corrected chi connectivity index (χ2v) is 3.94. The Labute approximate surface area is 90.3 Å². The summed E-state index contributed by atoms with van der Waals surface area (Å²) in [4.78, 5) is 10.5. The van der Waals surface area contributed by atoms with E-state index in [1.807, 2.05) is 0 Å². The van der Waals surface area contributed by atoms with Crippen LogP contribution in [0.4, 0.5) is 0 Å². The minimum atomic E-state index is -0.860. The Morgan fingerprint density at radius 3 is 3.00 bits per heavy atom. The smallest absolute Gasteiger partial charge is 0.330 e. The molecule has 4 heteroatoms. The first-order valence-corrected chi connectivity index (χ1v) is 5.36. The average molecular weight is 213 g/mol. The Bertz CT molecular complexity index is 244. The molecule has 1 aliphatic rings. The van der Waals surface area contributed by atoms with Crippen LogP contribution in [0.25, 0.3) is 0 Å². The van der Waals surface area contributed by atoms with Gasteiger partial charge in [0.15, 0.2) is 0 Å². The van der Waals surface area contributed by atoms with Gasteiger partial charge in [0.1, 0.15) is 0 Å². The molecule has 1 fully saturated rings. The normalized spacial score (nSPS) is 24.1. The van der Waals surface area contributed by atoms with E-state index in [4.69, 9.17) is 9.84 Å². The molecule has 2 unspecified atom stereocenters. The number of nitrogens with one attached hydrogen (secondary N) is 1. The molecule has 0 amide bonds. The molecule has 86 valence electrons. The maximum Gasteiger partial charge on any atom is 0.330 e. The van der Waals surface area contributed by atoms with E-state index in [0.29, 0.717) is 12.1 Å². The molecule has 0 aromatic heterocycles. The predicted molar refractivity (Wildman–Crippen MR) is 57.8 cm³/mol. The van der Waals surface area contributed by atoms with Crippen molar-refractivity contribution < 1.29 is 14.6 Å². The number of aliphatic carboxylic acids is 1. The number of carbonyl (C=O) groups is 1. The van der Waals surface area contributed by atoms with Crippen molar-refractivity contribution in [1.29, 1.82) is 0 Å². The van der Waals surface area contributed by atoms with Gasteiger partial charge in [0.2, 0.25) is 0 Å². The van der Waals surface area contributed by atoms with E-state index in [1.54, 1.807) is 13.0 Å². The Hall–Kier alpha value is -0.870. The summed E-state index contributed by atoms with van der Waals surface area (Å²) in [5.41, 5.74) is 0.377. The fourth-order valence-corrected chi connectivity index (χ4v) is 1.61. The predicted octanol–water partition coefficient (Wildman–Crippen LogP) is 1.17. The SMILES string of the molecule is C/C(=C/CNC(C)C1CCCO1)C(=O)O. The summed E-state index contributed by atoms with van der Waals surface area (Å²) in [5, 5.41) is 11.9. The molecule has 1 rings (SSSR count). The van der Waals surface area contributed by atoms with Gasteiger partial charge in [0.05, 0.1) is 6.10 Å². The van der Waals surface area contributed by atoms with Gasteiger partial charge in [0.25, 0.3) is 0 Å². The molecule has 0 aliphatic carbocycles. The van der Waals surface area contributed by atoms with Crippen LogP contribution in [-0.2, 0) is 9.53 Å². The van der Waals surface area contributed by atoms with Gasteiger partial charge >= 0.3 is 5.97 Å². The molecule has 0 bridgehead atoms. The second-order valence-electron chi connectivity index (χ2n) is 3.94. The summed E-state index contributed by atoms with van der Waals surface area (Å²) in [5.74, 6) is -0.860. The van der Waals surface area contributed by atoms with E-state index in [0.717, 1.165) is 19.4 Å². The lowest BCUT2D eigenvalue weighted by Crippen LogP contribution is -2.37. The van der Waals surface area contributed by atoms with E-state index in [9.17, 15) is 4.79 Å². The third-order valence-corrected chi connectivity index (χ3v) is 2.71. The van der Waals surface area contributed by atoms with Gasteiger partial charge in [-0.2, -0.15) is 0 Å². The monoisotopic (exact) mass is 213 g/mol. The van der Waals surface area contributed by atoms with Crippen molar-refractivity contribution in [2.24, 2.45) is 0 Å².